The number of hydrogen-bond acceptors (Lipinski definition) is 0. The van der Waals surface area contributed by atoms with E-state index in [2.05, 4.69) is 0 Å². The van der Waals surface area contributed by atoms with Gasteiger partial charge in [-0.05, 0) is 0 Å². The Kier molecular flexibility index (Phi) is 3.34. The molecule has 0 radical (unpaired) electrons. The van der Waals surface area contributed by atoms with Crippen LogP contribution in [0.4, 0.5) is 0 Å². The molecule has 0 spiro atoms. The standard InChI is InChI=1S/C2H4Cl.Na/c1-2-3;/h2H,1H3;. The van der Waals surface area contributed by atoms with Crippen LogP contribution < -0.4 is 0 Å². The molecule has 0 aromatic heterocycles. The van der Waals surface area contributed by atoms with E-state index in [1.54, 1.807) is 0 Å². The topological polar surface area (TPSA) is 0 Å². The molecule has 0 heterocycles. The van der Waals surface area contributed by atoms with Crippen LogP contribution in [0.15, 0.2) is 0 Å². The molecule has 1 atom stereocenters. The minimum atomic E-state index is 0.444. The molecule has 0 bridgehead atoms. The molecule has 4 heavy (non-hydrogen) atoms. The van der Waals surface area contributed by atoms with Crippen LogP contribution in [-0.2, 0) is 0 Å². The molecule has 0 aliphatic heterocycles. The Bertz CT molecular complexity index is 10.8. The second-order valence-corrected chi connectivity index (χ2v) is 4.35. The molecule has 0 aromatic rings. The van der Waals surface area contributed by atoms with Gasteiger partial charge in [-0.25, -0.2) is 0 Å². The Morgan fingerprint density at radius 1 is 2.00 bits per heavy atom. The second kappa shape index (κ2) is 2.52. The number of halogens is 1. The van der Waals surface area contributed by atoms with Gasteiger partial charge < -0.3 is 0 Å². The SMILES string of the molecule is C[CH]([Na])Cl. The van der Waals surface area contributed by atoms with Crippen molar-refractivity contribution in [2.24, 2.45) is 0 Å². The predicted octanol–water partition coefficient (Wildman–Crippen LogP) is 0.740. The van der Waals surface area contributed by atoms with Crippen molar-refractivity contribution < 1.29 is 0 Å². The average molecular weight is 86.5 g/mol. The fraction of sp³-hybridized carbons (Fsp3) is 1.00. The first-order chi connectivity index (χ1) is 1.73. The zero-order chi connectivity index (χ0) is 3.58. The summed E-state index contributed by atoms with van der Waals surface area (Å²) in [7, 11) is 0. The van der Waals surface area contributed by atoms with Crippen molar-refractivity contribution in [1.29, 1.82) is 0 Å². The van der Waals surface area contributed by atoms with E-state index in [1.807, 2.05) is 6.92 Å². The molecule has 0 fully saturated rings. The molecule has 0 saturated heterocycles. The second-order valence-electron chi connectivity index (χ2n) is 1.01. The van der Waals surface area contributed by atoms with Crippen LogP contribution in [0.2, 0.25) is 0 Å². The molecule has 0 nitrogen and oxygen atoms in total. The predicted molar refractivity (Wildman–Crippen MR) is 21.1 cm³/mol. The van der Waals surface area contributed by atoms with Gasteiger partial charge in [0.15, 0.2) is 0 Å². The van der Waals surface area contributed by atoms with Crippen molar-refractivity contribution in [2.45, 2.75) is 9.55 Å². The maximum absolute atomic E-state index is 5.34. The third-order valence-corrected chi connectivity index (χ3v) is 0. The quantitative estimate of drug-likeness (QED) is 0.301. The van der Waals surface area contributed by atoms with Gasteiger partial charge in [0.25, 0.3) is 0 Å². The first-order valence-electron chi connectivity index (χ1n) is 1.37. The van der Waals surface area contributed by atoms with E-state index in [9.17, 15) is 0 Å². The summed E-state index contributed by atoms with van der Waals surface area (Å²) in [4.78, 5) is 0. The third kappa shape index (κ3) is 10.4. The van der Waals surface area contributed by atoms with Crippen LogP contribution in [0.25, 0.3) is 0 Å². The van der Waals surface area contributed by atoms with E-state index >= 15 is 0 Å². The Morgan fingerprint density at radius 3 is 2.00 bits per heavy atom. The van der Waals surface area contributed by atoms with Crippen molar-refractivity contribution in [3.05, 3.63) is 0 Å². The monoisotopic (exact) mass is 86.0 g/mol. The molecular formula is C2H4ClNa. The van der Waals surface area contributed by atoms with Crippen LogP contribution in [0, 0.1) is 0 Å². The number of alkyl halides is 1. The maximum atomic E-state index is 5.34. The Hall–Kier alpha value is 1.29. The molecule has 0 aliphatic rings. The molecule has 20 valence electrons. The van der Waals surface area contributed by atoms with Gasteiger partial charge in [-0.15, -0.1) is 0 Å². The fourth-order valence-electron chi connectivity index (χ4n) is 0. The summed E-state index contributed by atoms with van der Waals surface area (Å²) < 4.78 is 0.444. The third-order valence-electron chi connectivity index (χ3n) is 0. The Balaban J connectivity index is 2.32. The fourth-order valence-corrected chi connectivity index (χ4v) is 0. The first kappa shape index (κ1) is 5.29. The number of rotatable bonds is 0. The van der Waals surface area contributed by atoms with Gasteiger partial charge in [-0.1, -0.05) is 0 Å². The van der Waals surface area contributed by atoms with Gasteiger partial charge in [0.05, 0.1) is 0 Å². The molecule has 0 N–H and O–H groups in total. The summed E-state index contributed by atoms with van der Waals surface area (Å²) >= 11 is 6.45. The summed E-state index contributed by atoms with van der Waals surface area (Å²) in [6.45, 7) is 1.99. The van der Waals surface area contributed by atoms with E-state index in [1.165, 1.54) is 0 Å². The van der Waals surface area contributed by atoms with Gasteiger partial charge in [0, 0.05) is 0 Å². The normalized spacial score (nSPS) is 16.0. The van der Waals surface area contributed by atoms with Gasteiger partial charge in [0.1, 0.15) is 0 Å². The molecule has 0 amide bonds. The first-order valence-corrected chi connectivity index (χ1v) is 2.96. The molecule has 1 unspecified atom stereocenters. The Labute approximate surface area is 48.9 Å². The molecule has 0 aromatic carbocycles. The van der Waals surface area contributed by atoms with Gasteiger partial charge in [-0.2, -0.15) is 0 Å². The van der Waals surface area contributed by atoms with Crippen LogP contribution in [-0.4, -0.2) is 30.6 Å². The van der Waals surface area contributed by atoms with Gasteiger partial charge in [-0.3, -0.25) is 0 Å². The summed E-state index contributed by atoms with van der Waals surface area (Å²) in [5, 5.41) is 0. The van der Waals surface area contributed by atoms with E-state index in [4.69, 9.17) is 11.6 Å². The summed E-state index contributed by atoms with van der Waals surface area (Å²) in [6, 6.07) is 0. The zero-order valence-corrected chi connectivity index (χ0v) is 5.71. The molecule has 0 aliphatic carbocycles. The Morgan fingerprint density at radius 2 is 2.00 bits per heavy atom. The molecular weight excluding hydrogens is 82.5 g/mol. The van der Waals surface area contributed by atoms with Crippen LogP contribution in [0.5, 0.6) is 0 Å². The van der Waals surface area contributed by atoms with Crippen LogP contribution in [0.3, 0.4) is 0 Å². The van der Waals surface area contributed by atoms with Crippen LogP contribution >= 0.6 is 11.6 Å². The van der Waals surface area contributed by atoms with E-state index < -0.39 is 0 Å². The summed E-state index contributed by atoms with van der Waals surface area (Å²) in [5.74, 6) is 0. The number of hydrogen-bond donors (Lipinski definition) is 0. The van der Waals surface area contributed by atoms with Crippen molar-refractivity contribution in [2.75, 3.05) is 0 Å². The van der Waals surface area contributed by atoms with E-state index in [-0.39, 0.29) is 0 Å². The van der Waals surface area contributed by atoms with E-state index in [0.29, 0.717) is 2.63 Å². The van der Waals surface area contributed by atoms with Gasteiger partial charge >= 0.3 is 49.1 Å². The van der Waals surface area contributed by atoms with Crippen LogP contribution in [0.1, 0.15) is 6.92 Å². The molecule has 0 rings (SSSR count). The summed E-state index contributed by atoms with van der Waals surface area (Å²) in [5.41, 5.74) is 0. The average Bonchev–Trinajstić information content (AvgIpc) is 0.811. The van der Waals surface area contributed by atoms with Crippen molar-refractivity contribution >= 4 is 39.5 Å². The van der Waals surface area contributed by atoms with Gasteiger partial charge in [0.2, 0.25) is 0 Å². The summed E-state index contributed by atoms with van der Waals surface area (Å²) in [6.07, 6.45) is 0. The minimum absolute atomic E-state index is 0.444. The zero-order valence-electron chi connectivity index (χ0n) is 2.96. The molecule has 2 heteroatoms. The van der Waals surface area contributed by atoms with E-state index in [0.717, 1.165) is 27.9 Å². The molecule has 0 saturated carbocycles. The van der Waals surface area contributed by atoms with Crippen molar-refractivity contribution in [1.82, 2.24) is 0 Å². The van der Waals surface area contributed by atoms with Crippen molar-refractivity contribution in [3.8, 4) is 0 Å². The van der Waals surface area contributed by atoms with Crippen molar-refractivity contribution in [3.63, 3.8) is 0 Å².